The van der Waals surface area contributed by atoms with E-state index in [-0.39, 0.29) is 49.1 Å². The molecule has 0 aliphatic carbocycles. The average molecular weight is 706 g/mol. The number of hydrogen-bond acceptors (Lipinski definition) is 10. The standard InChI is InChI=1S/C32H55N11O7/c1-20(2)19-27(38-21(3)44)31(48)42-25(10-5-7-17-34)30(47)40-24(9-4-6-16-33)29(46)41-26(11-8-18-37-32(35)36)28(45)39-22-12-14-23(15-13-22)43(49)50/h12-15,20,24-27H,4-11,16-19,33-34H2,1-3H3,(H,38,44)(H,39,45)(H,40,47)(H,41,46)(H,42,48)(H4,35,36,37). The van der Waals surface area contributed by atoms with Crippen LogP contribution < -0.4 is 49.5 Å². The minimum Gasteiger partial charge on any atom is -0.370 e. The van der Waals surface area contributed by atoms with Gasteiger partial charge in [0.2, 0.25) is 29.5 Å². The summed E-state index contributed by atoms with van der Waals surface area (Å²) in [6.07, 6.45) is 3.32. The van der Waals surface area contributed by atoms with Crippen LogP contribution in [0.2, 0.25) is 0 Å². The van der Waals surface area contributed by atoms with E-state index >= 15 is 0 Å². The lowest BCUT2D eigenvalue weighted by Crippen LogP contribution is -2.58. The predicted molar refractivity (Wildman–Crippen MR) is 190 cm³/mol. The highest BCUT2D eigenvalue weighted by atomic mass is 16.6. The Morgan fingerprint density at radius 2 is 1.18 bits per heavy atom. The Morgan fingerprint density at radius 3 is 1.60 bits per heavy atom. The number of anilines is 1. The van der Waals surface area contributed by atoms with Gasteiger partial charge in [0.15, 0.2) is 5.96 Å². The van der Waals surface area contributed by atoms with Gasteiger partial charge in [0.05, 0.1) is 4.92 Å². The second kappa shape index (κ2) is 23.5. The molecule has 1 rings (SSSR count). The van der Waals surface area contributed by atoms with E-state index < -0.39 is 58.6 Å². The highest BCUT2D eigenvalue weighted by Gasteiger charge is 2.31. The van der Waals surface area contributed by atoms with Crippen LogP contribution in [-0.2, 0) is 24.0 Å². The van der Waals surface area contributed by atoms with E-state index in [1.165, 1.54) is 31.2 Å². The number of nitrogens with zero attached hydrogens (tertiary/aromatic N) is 2. The number of rotatable bonds is 24. The molecule has 1 aromatic rings. The summed E-state index contributed by atoms with van der Waals surface area (Å²) in [4.78, 5) is 80.2. The molecule has 50 heavy (non-hydrogen) atoms. The van der Waals surface area contributed by atoms with E-state index in [0.29, 0.717) is 51.6 Å². The molecule has 0 fully saturated rings. The van der Waals surface area contributed by atoms with Crippen LogP contribution in [0.3, 0.4) is 0 Å². The Hall–Kier alpha value is -4.84. The molecular weight excluding hydrogens is 650 g/mol. The molecule has 13 N–H and O–H groups in total. The van der Waals surface area contributed by atoms with Crippen molar-refractivity contribution >= 4 is 46.9 Å². The van der Waals surface area contributed by atoms with Crippen molar-refractivity contribution in [2.24, 2.45) is 33.8 Å². The summed E-state index contributed by atoms with van der Waals surface area (Å²) in [7, 11) is 0. The summed E-state index contributed by atoms with van der Waals surface area (Å²) >= 11 is 0. The molecule has 18 heteroatoms. The number of benzene rings is 1. The van der Waals surface area contributed by atoms with E-state index in [2.05, 4.69) is 31.6 Å². The van der Waals surface area contributed by atoms with Crippen molar-refractivity contribution in [2.45, 2.75) is 103 Å². The van der Waals surface area contributed by atoms with Gasteiger partial charge in [-0.1, -0.05) is 13.8 Å². The van der Waals surface area contributed by atoms with Gasteiger partial charge < -0.3 is 49.5 Å². The number of unbranched alkanes of at least 4 members (excludes halogenated alkanes) is 2. The molecule has 18 nitrogen and oxygen atoms in total. The van der Waals surface area contributed by atoms with Gasteiger partial charge in [-0.15, -0.1) is 0 Å². The van der Waals surface area contributed by atoms with Crippen LogP contribution in [0.1, 0.15) is 78.6 Å². The first-order valence-electron chi connectivity index (χ1n) is 16.9. The van der Waals surface area contributed by atoms with Gasteiger partial charge in [0.25, 0.3) is 5.69 Å². The third kappa shape index (κ3) is 17.5. The Morgan fingerprint density at radius 1 is 0.720 bits per heavy atom. The molecule has 5 amide bonds. The largest absolute Gasteiger partial charge is 0.370 e. The van der Waals surface area contributed by atoms with E-state index in [0.717, 1.165) is 0 Å². The summed E-state index contributed by atoms with van der Waals surface area (Å²) in [5.41, 5.74) is 22.3. The maximum absolute atomic E-state index is 13.7. The first-order chi connectivity index (χ1) is 23.7. The topological polar surface area (TPSA) is 305 Å². The number of nitrogens with one attached hydrogen (secondary N) is 5. The van der Waals surface area contributed by atoms with Crippen molar-refractivity contribution in [2.75, 3.05) is 25.0 Å². The lowest BCUT2D eigenvalue weighted by Gasteiger charge is -2.27. The van der Waals surface area contributed by atoms with Crippen LogP contribution >= 0.6 is 0 Å². The highest BCUT2D eigenvalue weighted by Crippen LogP contribution is 2.16. The average Bonchev–Trinajstić information content (AvgIpc) is 3.04. The van der Waals surface area contributed by atoms with Crippen molar-refractivity contribution in [3.8, 4) is 0 Å². The monoisotopic (exact) mass is 705 g/mol. The minimum atomic E-state index is -1.10. The summed E-state index contributed by atoms with van der Waals surface area (Å²) in [6.45, 7) is 6.01. The molecule has 0 spiro atoms. The van der Waals surface area contributed by atoms with Crippen LogP contribution in [0.5, 0.6) is 0 Å². The fraction of sp³-hybridized carbons (Fsp3) is 0.625. The second-order valence-electron chi connectivity index (χ2n) is 12.4. The molecule has 0 saturated heterocycles. The number of nitrogens with two attached hydrogens (primary N) is 4. The zero-order valence-corrected chi connectivity index (χ0v) is 29.2. The fourth-order valence-electron chi connectivity index (χ4n) is 4.96. The number of hydrogen-bond donors (Lipinski definition) is 9. The first-order valence-corrected chi connectivity index (χ1v) is 16.9. The normalized spacial score (nSPS) is 13.2. The predicted octanol–water partition coefficient (Wildman–Crippen LogP) is -0.150. The van der Waals surface area contributed by atoms with Crippen LogP contribution in [0.15, 0.2) is 29.3 Å². The number of aliphatic imine (C=N–C) groups is 1. The molecule has 0 aromatic heterocycles. The summed E-state index contributed by atoms with van der Waals surface area (Å²) < 4.78 is 0. The van der Waals surface area contributed by atoms with Crippen LogP contribution in [-0.4, -0.2) is 84.2 Å². The molecule has 1 aromatic carbocycles. The zero-order valence-electron chi connectivity index (χ0n) is 29.2. The van der Waals surface area contributed by atoms with Gasteiger partial charge in [-0.25, -0.2) is 0 Å². The molecule has 0 radical (unpaired) electrons. The summed E-state index contributed by atoms with van der Waals surface area (Å²) in [5, 5.41) is 24.5. The SMILES string of the molecule is CC(=O)NC(CC(C)C)C(=O)NC(CCCCN)C(=O)NC(CCCCN)C(=O)NC(CCCN=C(N)N)C(=O)Nc1ccc([N+](=O)[O-])cc1. The lowest BCUT2D eigenvalue weighted by atomic mass is 10.0. The molecule has 0 aliphatic heterocycles. The van der Waals surface area contributed by atoms with Gasteiger partial charge in [-0.05, 0) is 88.9 Å². The van der Waals surface area contributed by atoms with E-state index in [1.54, 1.807) is 0 Å². The van der Waals surface area contributed by atoms with Crippen molar-refractivity contribution in [1.29, 1.82) is 0 Å². The van der Waals surface area contributed by atoms with E-state index in [9.17, 15) is 34.1 Å². The Labute approximate surface area is 292 Å². The zero-order chi connectivity index (χ0) is 37.6. The third-order valence-corrected chi connectivity index (χ3v) is 7.48. The first kappa shape index (κ1) is 43.2. The van der Waals surface area contributed by atoms with Gasteiger partial charge in [-0.3, -0.25) is 39.1 Å². The summed E-state index contributed by atoms with van der Waals surface area (Å²) in [6, 6.07) is 1.08. The quantitative estimate of drug-likeness (QED) is 0.0224. The van der Waals surface area contributed by atoms with Crippen molar-refractivity contribution in [3.05, 3.63) is 34.4 Å². The van der Waals surface area contributed by atoms with E-state index in [1.807, 2.05) is 13.8 Å². The van der Waals surface area contributed by atoms with Crippen LogP contribution in [0.4, 0.5) is 11.4 Å². The number of non-ortho nitro benzene ring substituents is 1. The van der Waals surface area contributed by atoms with E-state index in [4.69, 9.17) is 22.9 Å². The second-order valence-corrected chi connectivity index (χ2v) is 12.4. The van der Waals surface area contributed by atoms with Gasteiger partial charge in [0, 0.05) is 31.3 Å². The smallest absolute Gasteiger partial charge is 0.269 e. The maximum Gasteiger partial charge on any atom is 0.269 e. The number of guanidine groups is 1. The fourth-order valence-corrected chi connectivity index (χ4v) is 4.96. The van der Waals surface area contributed by atoms with Gasteiger partial charge in [-0.2, -0.15) is 0 Å². The molecule has 0 saturated carbocycles. The number of nitro groups is 1. The molecule has 0 aliphatic rings. The van der Waals surface area contributed by atoms with Crippen molar-refractivity contribution in [3.63, 3.8) is 0 Å². The molecule has 0 heterocycles. The molecule has 280 valence electrons. The lowest BCUT2D eigenvalue weighted by molar-refractivity contribution is -0.384. The summed E-state index contributed by atoms with van der Waals surface area (Å²) in [5.74, 6) is -2.86. The molecular formula is C32H55N11O7. The van der Waals surface area contributed by atoms with Crippen LogP contribution in [0, 0.1) is 16.0 Å². The van der Waals surface area contributed by atoms with Gasteiger partial charge >= 0.3 is 0 Å². The van der Waals surface area contributed by atoms with Crippen LogP contribution in [0.25, 0.3) is 0 Å². The number of nitro benzene ring substituents is 1. The Bertz CT molecular complexity index is 1290. The number of carbonyl (C=O) groups excluding carboxylic acids is 5. The molecule has 0 bridgehead atoms. The number of amides is 5. The molecule has 4 atom stereocenters. The number of carbonyl (C=O) groups is 5. The molecule has 4 unspecified atom stereocenters. The Balaban J connectivity index is 3.26. The maximum atomic E-state index is 13.7. The third-order valence-electron chi connectivity index (χ3n) is 7.48. The minimum absolute atomic E-state index is 0.0720. The highest BCUT2D eigenvalue weighted by molar-refractivity contribution is 5.99. The van der Waals surface area contributed by atoms with Crippen molar-refractivity contribution in [1.82, 2.24) is 21.3 Å². The Kier molecular flexibility index (Phi) is 20.3. The van der Waals surface area contributed by atoms with Gasteiger partial charge in [0.1, 0.15) is 24.2 Å². The van der Waals surface area contributed by atoms with Crippen molar-refractivity contribution < 1.29 is 28.9 Å².